The van der Waals surface area contributed by atoms with Gasteiger partial charge >= 0.3 is 21.7 Å². The molecule has 0 aromatic carbocycles. The minimum absolute atomic E-state index is 0. The summed E-state index contributed by atoms with van der Waals surface area (Å²) >= 11 is 0. The molecule has 0 amide bonds. The van der Waals surface area contributed by atoms with Gasteiger partial charge in [-0.25, -0.2) is 0 Å². The van der Waals surface area contributed by atoms with Gasteiger partial charge in [0.1, 0.15) is 0 Å². The van der Waals surface area contributed by atoms with Gasteiger partial charge in [-0.3, -0.25) is 0 Å². The van der Waals surface area contributed by atoms with E-state index in [2.05, 4.69) is 0 Å². The van der Waals surface area contributed by atoms with Gasteiger partial charge in [-0.15, -0.1) is 0 Å². The fourth-order valence-corrected chi connectivity index (χ4v) is 1.77. The van der Waals surface area contributed by atoms with Gasteiger partial charge in [0.05, 0.1) is 0 Å². The van der Waals surface area contributed by atoms with Crippen molar-refractivity contribution in [3.05, 3.63) is 29.7 Å². The summed E-state index contributed by atoms with van der Waals surface area (Å²) in [5.74, 6) is 0. The maximum absolute atomic E-state index is 1.50. The maximum atomic E-state index is 1.50. The standard InChI is InChI=1S/2C5H10.4CH3.Ti/c2*1-2-4-5-3-1;;;;;/h2*1-5H2;4*1H3;/q;;4*-1;+4. The van der Waals surface area contributed by atoms with Crippen LogP contribution in [0, 0.1) is 29.7 Å². The van der Waals surface area contributed by atoms with E-state index in [1.54, 1.807) is 0 Å². The summed E-state index contributed by atoms with van der Waals surface area (Å²) in [5, 5.41) is 0. The van der Waals surface area contributed by atoms with Crippen LogP contribution in [0.1, 0.15) is 64.2 Å². The van der Waals surface area contributed by atoms with Crippen molar-refractivity contribution < 1.29 is 21.7 Å². The molecule has 0 unspecified atom stereocenters. The summed E-state index contributed by atoms with van der Waals surface area (Å²) in [7, 11) is 0. The minimum Gasteiger partial charge on any atom is -0.358 e. The molecule has 2 aliphatic carbocycles. The normalized spacial score (nSPS) is 16.0. The fraction of sp³-hybridized carbons (Fsp3) is 0.714. The molecule has 1 heteroatoms. The number of hydrogen-bond donors (Lipinski definition) is 0. The van der Waals surface area contributed by atoms with E-state index in [1.807, 2.05) is 0 Å². The quantitative estimate of drug-likeness (QED) is 0.381. The van der Waals surface area contributed by atoms with E-state index >= 15 is 0 Å². The fourth-order valence-electron chi connectivity index (χ4n) is 1.77. The molecule has 0 nitrogen and oxygen atoms in total. The molecule has 0 atom stereocenters. The van der Waals surface area contributed by atoms with Crippen LogP contribution in [0.2, 0.25) is 0 Å². The van der Waals surface area contributed by atoms with Gasteiger partial charge in [0.2, 0.25) is 0 Å². The molecule has 2 rings (SSSR count). The van der Waals surface area contributed by atoms with Gasteiger partial charge in [-0.1, -0.05) is 64.2 Å². The molecule has 0 spiro atoms. The van der Waals surface area contributed by atoms with Crippen molar-refractivity contribution in [1.82, 2.24) is 0 Å². The molecule has 15 heavy (non-hydrogen) atoms. The van der Waals surface area contributed by atoms with Crippen molar-refractivity contribution in [2.75, 3.05) is 0 Å². The van der Waals surface area contributed by atoms with Crippen molar-refractivity contribution in [2.24, 2.45) is 0 Å². The zero-order valence-electron chi connectivity index (χ0n) is 11.6. The van der Waals surface area contributed by atoms with Gasteiger partial charge in [-0.05, 0) is 0 Å². The first-order valence-corrected chi connectivity index (χ1v) is 5.00. The van der Waals surface area contributed by atoms with Crippen molar-refractivity contribution in [1.29, 1.82) is 0 Å². The third-order valence-corrected chi connectivity index (χ3v) is 2.50. The molecular formula is C14H32Ti. The van der Waals surface area contributed by atoms with Crippen LogP contribution in [0.3, 0.4) is 0 Å². The molecular weight excluding hydrogens is 216 g/mol. The zero-order chi connectivity index (χ0) is 7.07. The van der Waals surface area contributed by atoms with Crippen LogP contribution in [0.5, 0.6) is 0 Å². The van der Waals surface area contributed by atoms with Crippen LogP contribution >= 0.6 is 0 Å². The van der Waals surface area contributed by atoms with Gasteiger partial charge in [0.25, 0.3) is 0 Å². The summed E-state index contributed by atoms with van der Waals surface area (Å²) in [6.45, 7) is 0. The molecule has 0 N–H and O–H groups in total. The third kappa shape index (κ3) is 20.7. The van der Waals surface area contributed by atoms with Crippen LogP contribution in [0.25, 0.3) is 0 Å². The average Bonchev–Trinajstić information content (AvgIpc) is 2.67. The second-order valence-corrected chi connectivity index (χ2v) is 3.54. The summed E-state index contributed by atoms with van der Waals surface area (Å²) in [6.07, 6.45) is 15.0. The summed E-state index contributed by atoms with van der Waals surface area (Å²) < 4.78 is 0. The predicted octanol–water partition coefficient (Wildman–Crippen LogP) is 5.70. The second kappa shape index (κ2) is 24.1. The smallest absolute Gasteiger partial charge is 0.358 e. The van der Waals surface area contributed by atoms with Crippen LogP contribution in [-0.2, 0) is 21.7 Å². The summed E-state index contributed by atoms with van der Waals surface area (Å²) in [5.41, 5.74) is 0. The zero-order valence-corrected chi connectivity index (χ0v) is 13.1. The topological polar surface area (TPSA) is 0 Å². The van der Waals surface area contributed by atoms with Gasteiger partial charge in [0, 0.05) is 0 Å². The Hall–Kier alpha value is 0.714. The first-order valence-electron chi connectivity index (χ1n) is 5.00. The Morgan fingerprint density at radius 1 is 0.267 bits per heavy atom. The Balaban J connectivity index is -0.0000000333. The van der Waals surface area contributed by atoms with Crippen LogP contribution in [-0.4, -0.2) is 0 Å². The number of hydrogen-bond acceptors (Lipinski definition) is 0. The molecule has 0 saturated heterocycles. The molecule has 2 fully saturated rings. The Bertz CT molecular complexity index is 38.5. The number of rotatable bonds is 0. The Labute approximate surface area is 116 Å². The molecule has 92 valence electrons. The van der Waals surface area contributed by atoms with Crippen molar-refractivity contribution in [2.45, 2.75) is 64.2 Å². The van der Waals surface area contributed by atoms with E-state index in [9.17, 15) is 0 Å². The van der Waals surface area contributed by atoms with E-state index in [1.165, 1.54) is 64.2 Å². The van der Waals surface area contributed by atoms with Crippen LogP contribution < -0.4 is 0 Å². The van der Waals surface area contributed by atoms with Crippen molar-refractivity contribution in [3.63, 3.8) is 0 Å². The molecule has 0 heterocycles. The van der Waals surface area contributed by atoms with E-state index in [-0.39, 0.29) is 51.4 Å². The van der Waals surface area contributed by atoms with E-state index in [0.717, 1.165) is 0 Å². The van der Waals surface area contributed by atoms with E-state index < -0.39 is 0 Å². The van der Waals surface area contributed by atoms with E-state index in [0.29, 0.717) is 0 Å². The molecule has 0 aromatic heterocycles. The SMILES string of the molecule is C1CCCC1.C1CCCC1.[CH3-].[CH3-].[CH3-].[CH3-].[Ti+4]. The summed E-state index contributed by atoms with van der Waals surface area (Å²) in [6, 6.07) is 0. The van der Waals surface area contributed by atoms with Gasteiger partial charge in [0.15, 0.2) is 0 Å². The van der Waals surface area contributed by atoms with Gasteiger partial charge in [-0.2, -0.15) is 0 Å². The monoisotopic (exact) mass is 248 g/mol. The molecule has 0 bridgehead atoms. The van der Waals surface area contributed by atoms with E-state index in [4.69, 9.17) is 0 Å². The van der Waals surface area contributed by atoms with Crippen molar-refractivity contribution in [3.8, 4) is 0 Å². The van der Waals surface area contributed by atoms with Crippen LogP contribution in [0.15, 0.2) is 0 Å². The molecule has 0 aliphatic heterocycles. The van der Waals surface area contributed by atoms with Crippen LogP contribution in [0.4, 0.5) is 0 Å². The first kappa shape index (κ1) is 29.6. The molecule has 2 aliphatic rings. The van der Waals surface area contributed by atoms with Gasteiger partial charge < -0.3 is 29.7 Å². The largest absolute Gasteiger partial charge is 4.00 e. The average molecular weight is 248 g/mol. The predicted molar refractivity (Wildman–Crippen MR) is 71.8 cm³/mol. The molecule has 2 saturated carbocycles. The Kier molecular flexibility index (Phi) is 47.6. The molecule has 0 radical (unpaired) electrons. The maximum Gasteiger partial charge on any atom is 4.00 e. The Morgan fingerprint density at radius 3 is 0.400 bits per heavy atom. The Morgan fingerprint density at radius 2 is 0.333 bits per heavy atom. The molecule has 0 aromatic rings. The van der Waals surface area contributed by atoms with Crippen molar-refractivity contribution >= 4 is 0 Å². The summed E-state index contributed by atoms with van der Waals surface area (Å²) in [4.78, 5) is 0. The third-order valence-electron chi connectivity index (χ3n) is 2.50. The first-order chi connectivity index (χ1) is 5.00. The minimum atomic E-state index is 0. The second-order valence-electron chi connectivity index (χ2n) is 3.54.